The largest absolute Gasteiger partial charge is 0.364 e. The maximum Gasteiger partial charge on any atom is 0.252 e. The molecule has 8 heteroatoms. The molecular weight excluding hydrogens is 472 g/mol. The number of aromatic nitrogens is 2. The number of nitriles is 1. The summed E-state index contributed by atoms with van der Waals surface area (Å²) in [5.41, 5.74) is 2.80. The van der Waals surface area contributed by atoms with Gasteiger partial charge in [-0.05, 0) is 38.1 Å². The van der Waals surface area contributed by atoms with Gasteiger partial charge in [0.05, 0.1) is 17.2 Å². The molecule has 2 aromatic carbocycles. The number of rotatable bonds is 4. The van der Waals surface area contributed by atoms with E-state index in [1.165, 1.54) is 16.7 Å². The molecule has 0 amide bonds. The van der Waals surface area contributed by atoms with Crippen LogP contribution in [0.1, 0.15) is 36.7 Å². The van der Waals surface area contributed by atoms with E-state index in [-0.39, 0.29) is 35.0 Å². The second-order valence-corrected chi connectivity index (χ2v) is 9.60. The predicted octanol–water partition coefficient (Wildman–Crippen LogP) is 4.77. The molecule has 0 radical (unpaired) electrons. The molecule has 6 nitrogen and oxygen atoms in total. The summed E-state index contributed by atoms with van der Waals surface area (Å²) in [6, 6.07) is 19.1. The number of benzene rings is 2. The highest BCUT2D eigenvalue weighted by molar-refractivity contribution is 5.89. The highest BCUT2D eigenvalue weighted by Gasteiger charge is 2.37. The maximum atomic E-state index is 15.1. The van der Waals surface area contributed by atoms with E-state index in [4.69, 9.17) is 0 Å². The van der Waals surface area contributed by atoms with Crippen molar-refractivity contribution in [3.63, 3.8) is 0 Å². The van der Waals surface area contributed by atoms with Gasteiger partial charge in [0, 0.05) is 49.4 Å². The number of aryl methyl sites for hydroxylation is 1. The lowest BCUT2D eigenvalue weighted by atomic mass is 9.92. The molecule has 0 N–H and O–H groups in total. The topological polar surface area (TPSA) is 65.2 Å². The monoisotopic (exact) mass is 499 g/mol. The Bertz CT molecular complexity index is 1530. The van der Waals surface area contributed by atoms with Crippen LogP contribution in [0.2, 0.25) is 0 Å². The van der Waals surface area contributed by atoms with E-state index in [1.807, 2.05) is 13.8 Å². The Balaban J connectivity index is 1.58. The first kappa shape index (κ1) is 24.6. The van der Waals surface area contributed by atoms with Crippen molar-refractivity contribution < 1.29 is 8.78 Å². The number of piperazine rings is 1. The van der Waals surface area contributed by atoms with Gasteiger partial charge in [0.2, 0.25) is 0 Å². The SMILES string of the molecule is C[C@@H]1CN(c2cc(=O)n(C)c3ccc(C#N)nc23)[C@@H](C)CN1C(c1ccccc1F)c1ccccc1F. The van der Waals surface area contributed by atoms with Crippen LogP contribution in [0.4, 0.5) is 14.5 Å². The van der Waals surface area contributed by atoms with Crippen molar-refractivity contribution in [2.24, 2.45) is 7.05 Å². The molecule has 2 atom stereocenters. The number of fused-ring (bicyclic) bond motifs is 1. The first-order valence-corrected chi connectivity index (χ1v) is 12.2. The number of anilines is 1. The minimum absolute atomic E-state index is 0.111. The maximum absolute atomic E-state index is 15.1. The molecule has 1 aliphatic heterocycles. The van der Waals surface area contributed by atoms with Gasteiger partial charge in [0.1, 0.15) is 28.9 Å². The summed E-state index contributed by atoms with van der Waals surface area (Å²) >= 11 is 0. The van der Waals surface area contributed by atoms with E-state index >= 15 is 8.78 Å². The quantitative estimate of drug-likeness (QED) is 0.405. The molecule has 0 spiro atoms. The molecule has 0 bridgehead atoms. The summed E-state index contributed by atoms with van der Waals surface area (Å²) in [4.78, 5) is 21.6. The molecule has 5 rings (SSSR count). The normalized spacial score (nSPS) is 18.4. The zero-order valence-corrected chi connectivity index (χ0v) is 20.9. The number of hydrogen-bond acceptors (Lipinski definition) is 5. The molecule has 37 heavy (non-hydrogen) atoms. The summed E-state index contributed by atoms with van der Waals surface area (Å²) in [5, 5.41) is 9.41. The Hall–Kier alpha value is -4.09. The first-order valence-electron chi connectivity index (χ1n) is 12.2. The summed E-state index contributed by atoms with van der Waals surface area (Å²) in [6.07, 6.45) is 0. The predicted molar refractivity (Wildman–Crippen MR) is 139 cm³/mol. The molecule has 0 aliphatic carbocycles. The van der Waals surface area contributed by atoms with E-state index in [0.717, 1.165) is 0 Å². The zero-order valence-electron chi connectivity index (χ0n) is 20.9. The lowest BCUT2D eigenvalue weighted by Crippen LogP contribution is -2.57. The Morgan fingerprint density at radius 1 is 0.946 bits per heavy atom. The van der Waals surface area contributed by atoms with E-state index in [9.17, 15) is 10.1 Å². The molecule has 0 unspecified atom stereocenters. The summed E-state index contributed by atoms with van der Waals surface area (Å²) in [5.74, 6) is -0.771. The van der Waals surface area contributed by atoms with Gasteiger partial charge >= 0.3 is 0 Å². The van der Waals surface area contributed by atoms with Gasteiger partial charge in [0.25, 0.3) is 5.56 Å². The second-order valence-electron chi connectivity index (χ2n) is 9.60. The number of pyridine rings is 2. The van der Waals surface area contributed by atoms with Crippen LogP contribution in [0, 0.1) is 23.0 Å². The number of nitrogens with zero attached hydrogens (tertiary/aromatic N) is 5. The second kappa shape index (κ2) is 9.75. The van der Waals surface area contributed by atoms with Gasteiger partial charge in [-0.15, -0.1) is 0 Å². The number of halogens is 2. The van der Waals surface area contributed by atoms with Crippen LogP contribution < -0.4 is 10.5 Å². The standard InChI is InChI=1S/C29H27F2N5O/c1-18-17-36(29(21-8-4-6-10-23(21)30)22-9-5-7-11-24(22)31)19(2)16-35(18)26-14-27(37)34(3)25-13-12-20(15-32)33-28(25)26/h4-14,18-19,29H,16-17H2,1-3H3/t18-,19+/m0/s1. The molecule has 3 heterocycles. The van der Waals surface area contributed by atoms with Gasteiger partial charge in [-0.25, -0.2) is 13.8 Å². The third-order valence-corrected chi connectivity index (χ3v) is 7.26. The van der Waals surface area contributed by atoms with Crippen molar-refractivity contribution in [3.8, 4) is 6.07 Å². The van der Waals surface area contributed by atoms with Crippen molar-refractivity contribution in [2.45, 2.75) is 32.0 Å². The third-order valence-electron chi connectivity index (χ3n) is 7.26. The van der Waals surface area contributed by atoms with Crippen molar-refractivity contribution in [3.05, 3.63) is 106 Å². The summed E-state index contributed by atoms with van der Waals surface area (Å²) in [7, 11) is 1.68. The minimum Gasteiger partial charge on any atom is -0.364 e. The van der Waals surface area contributed by atoms with Gasteiger partial charge in [-0.1, -0.05) is 36.4 Å². The Labute approximate surface area is 214 Å². The minimum atomic E-state index is -0.620. The molecule has 4 aromatic rings. The molecule has 1 saturated heterocycles. The van der Waals surface area contributed by atoms with E-state index in [2.05, 4.69) is 20.9 Å². The smallest absolute Gasteiger partial charge is 0.252 e. The van der Waals surface area contributed by atoms with Crippen LogP contribution in [-0.4, -0.2) is 39.6 Å². The van der Waals surface area contributed by atoms with Gasteiger partial charge < -0.3 is 9.47 Å². The average Bonchev–Trinajstić information content (AvgIpc) is 2.90. The highest BCUT2D eigenvalue weighted by atomic mass is 19.1. The van der Waals surface area contributed by atoms with Crippen molar-refractivity contribution in [1.82, 2.24) is 14.5 Å². The van der Waals surface area contributed by atoms with Crippen molar-refractivity contribution in [1.29, 1.82) is 5.26 Å². The fourth-order valence-corrected chi connectivity index (χ4v) is 5.36. The summed E-state index contributed by atoms with van der Waals surface area (Å²) in [6.45, 7) is 5.03. The number of hydrogen-bond donors (Lipinski definition) is 0. The fraction of sp³-hybridized carbons (Fsp3) is 0.276. The van der Waals surface area contributed by atoms with Crippen LogP contribution in [-0.2, 0) is 7.05 Å². The Morgan fingerprint density at radius 2 is 1.57 bits per heavy atom. The average molecular weight is 500 g/mol. The van der Waals surface area contributed by atoms with E-state index in [0.29, 0.717) is 40.9 Å². The zero-order chi connectivity index (χ0) is 26.3. The van der Waals surface area contributed by atoms with Crippen LogP contribution >= 0.6 is 0 Å². The lowest BCUT2D eigenvalue weighted by molar-refractivity contribution is 0.126. The Kier molecular flexibility index (Phi) is 6.48. The summed E-state index contributed by atoms with van der Waals surface area (Å²) < 4.78 is 31.7. The molecule has 1 fully saturated rings. The fourth-order valence-electron chi connectivity index (χ4n) is 5.36. The molecule has 1 aliphatic rings. The van der Waals surface area contributed by atoms with Crippen LogP contribution in [0.3, 0.4) is 0 Å². The third kappa shape index (κ3) is 4.36. The van der Waals surface area contributed by atoms with Crippen LogP contribution in [0.25, 0.3) is 11.0 Å². The molecular formula is C29H27F2N5O. The highest BCUT2D eigenvalue weighted by Crippen LogP contribution is 2.37. The van der Waals surface area contributed by atoms with Gasteiger partial charge in [0.15, 0.2) is 0 Å². The molecule has 188 valence electrons. The van der Waals surface area contributed by atoms with Crippen LogP contribution in [0.15, 0.2) is 71.5 Å². The first-order chi connectivity index (χ1) is 17.8. The van der Waals surface area contributed by atoms with Crippen LogP contribution in [0.5, 0.6) is 0 Å². The van der Waals surface area contributed by atoms with Gasteiger partial charge in [-0.3, -0.25) is 9.69 Å². The molecule has 2 aromatic heterocycles. The Morgan fingerprint density at radius 3 is 2.16 bits per heavy atom. The van der Waals surface area contributed by atoms with E-state index < -0.39 is 6.04 Å². The van der Waals surface area contributed by atoms with Crippen molar-refractivity contribution in [2.75, 3.05) is 18.0 Å². The molecule has 0 saturated carbocycles. The van der Waals surface area contributed by atoms with E-state index in [1.54, 1.807) is 61.6 Å². The van der Waals surface area contributed by atoms with Gasteiger partial charge in [-0.2, -0.15) is 5.26 Å². The van der Waals surface area contributed by atoms with Crippen molar-refractivity contribution >= 4 is 16.7 Å². The lowest BCUT2D eigenvalue weighted by Gasteiger charge is -2.48.